The van der Waals surface area contributed by atoms with Crippen molar-refractivity contribution in [1.82, 2.24) is 15.5 Å². The number of rotatable bonds is 12. The lowest BCUT2D eigenvalue weighted by Gasteiger charge is -2.33. The van der Waals surface area contributed by atoms with Crippen LogP contribution in [0.4, 0.5) is 4.79 Å². The number of aromatic hydroxyl groups is 1. The van der Waals surface area contributed by atoms with Crippen LogP contribution in [0.25, 0.3) is 0 Å². The summed E-state index contributed by atoms with van der Waals surface area (Å²) in [5, 5.41) is 14.8. The average molecular weight is 507 g/mol. The molecule has 198 valence electrons. The molecule has 0 saturated heterocycles. The number of primary amides is 1. The summed E-state index contributed by atoms with van der Waals surface area (Å²) >= 11 is 0. The molecule has 0 fully saturated rings. The maximum Gasteiger partial charge on any atom is 0.408 e. The van der Waals surface area contributed by atoms with E-state index < -0.39 is 54.0 Å². The zero-order valence-electron chi connectivity index (χ0n) is 20.9. The van der Waals surface area contributed by atoms with E-state index in [2.05, 4.69) is 21.9 Å². The first-order chi connectivity index (χ1) is 16.8. The van der Waals surface area contributed by atoms with Gasteiger partial charge >= 0.3 is 12.1 Å². The Morgan fingerprint density at radius 2 is 1.89 bits per heavy atom. The summed E-state index contributed by atoms with van der Waals surface area (Å²) < 4.78 is 9.77. The number of carbonyl (C=O) groups is 5. The highest BCUT2D eigenvalue weighted by molar-refractivity contribution is 5.93. The van der Waals surface area contributed by atoms with Gasteiger partial charge in [0.15, 0.2) is 0 Å². The second-order valence-electron chi connectivity index (χ2n) is 8.77. The summed E-state index contributed by atoms with van der Waals surface area (Å²) in [5.74, 6) is -3.09. The molecule has 0 bridgehead atoms. The molecule has 1 aromatic rings. The molecule has 12 heteroatoms. The number of amides is 4. The van der Waals surface area contributed by atoms with Gasteiger partial charge in [-0.2, -0.15) is 0 Å². The molecule has 0 heterocycles. The van der Waals surface area contributed by atoms with Crippen molar-refractivity contribution < 1.29 is 38.6 Å². The molecule has 5 N–H and O–H groups in total. The predicted octanol–water partition coefficient (Wildman–Crippen LogP) is 0.896. The highest BCUT2D eigenvalue weighted by Crippen LogP contribution is 2.26. The number of esters is 1. The molecule has 1 rings (SSSR count). The number of nitrogens with zero attached hydrogens (tertiary/aromatic N) is 1. The van der Waals surface area contributed by atoms with Crippen LogP contribution in [-0.2, 0) is 28.7 Å². The van der Waals surface area contributed by atoms with E-state index in [1.165, 1.54) is 30.3 Å². The first kappa shape index (κ1) is 29.9. The molecular formula is C24H34N4O8. The minimum atomic E-state index is -1.34. The lowest BCUT2D eigenvalue weighted by Crippen LogP contribution is -2.53. The van der Waals surface area contributed by atoms with Crippen molar-refractivity contribution in [2.24, 2.45) is 5.73 Å². The lowest BCUT2D eigenvalue weighted by molar-refractivity contribution is -0.144. The van der Waals surface area contributed by atoms with E-state index in [9.17, 15) is 29.1 Å². The van der Waals surface area contributed by atoms with E-state index in [1.54, 1.807) is 20.8 Å². The molecule has 12 nitrogen and oxygen atoms in total. The number of phenolic OH excluding ortho intramolecular Hbond substituents is 1. The van der Waals surface area contributed by atoms with Gasteiger partial charge in [0.05, 0.1) is 7.11 Å². The monoisotopic (exact) mass is 506 g/mol. The normalized spacial score (nSPS) is 12.4. The number of nitrogens with two attached hydrogens (primary N) is 1. The number of benzene rings is 1. The largest absolute Gasteiger partial charge is 0.508 e. The molecule has 0 aliphatic carbocycles. The minimum Gasteiger partial charge on any atom is -0.508 e. The molecule has 0 radical (unpaired) electrons. The Labute approximate surface area is 209 Å². The molecule has 0 aromatic heterocycles. The Kier molecular flexibility index (Phi) is 11.4. The van der Waals surface area contributed by atoms with Crippen LogP contribution < -0.4 is 16.4 Å². The van der Waals surface area contributed by atoms with Crippen LogP contribution in [0.3, 0.4) is 0 Å². The van der Waals surface area contributed by atoms with Crippen molar-refractivity contribution in [3.05, 3.63) is 42.5 Å². The highest BCUT2D eigenvalue weighted by atomic mass is 16.6. The van der Waals surface area contributed by atoms with E-state index in [1.807, 2.05) is 0 Å². The second kappa shape index (κ2) is 13.7. The maximum absolute atomic E-state index is 13.7. The van der Waals surface area contributed by atoms with E-state index in [-0.39, 0.29) is 30.7 Å². The molecule has 0 saturated carbocycles. The molecule has 36 heavy (non-hydrogen) atoms. The van der Waals surface area contributed by atoms with E-state index in [4.69, 9.17) is 10.5 Å². The lowest BCUT2D eigenvalue weighted by atomic mass is 10.0. The Morgan fingerprint density at radius 1 is 1.22 bits per heavy atom. The van der Waals surface area contributed by atoms with E-state index in [0.29, 0.717) is 0 Å². The van der Waals surface area contributed by atoms with Gasteiger partial charge in [0.1, 0.15) is 30.0 Å². The third-order valence-electron chi connectivity index (χ3n) is 4.66. The van der Waals surface area contributed by atoms with Gasteiger partial charge < -0.3 is 35.8 Å². The van der Waals surface area contributed by atoms with Crippen LogP contribution in [0.5, 0.6) is 5.75 Å². The topological polar surface area (TPSA) is 177 Å². The minimum absolute atomic E-state index is 0.159. The van der Waals surface area contributed by atoms with Gasteiger partial charge in [-0.25, -0.2) is 4.79 Å². The van der Waals surface area contributed by atoms with Crippen LogP contribution in [0.2, 0.25) is 0 Å². The summed E-state index contributed by atoms with van der Waals surface area (Å²) in [4.78, 5) is 63.4. The van der Waals surface area contributed by atoms with Gasteiger partial charge in [0.25, 0.3) is 0 Å². The standard InChI is InChI=1S/C24H34N4O8/c1-6-12-28(22(33)17(10-11-18(25)30)27-23(34)36-24(2,3)4)20(15-8-7-9-16(29)13-15)21(32)26-14-19(31)35-5/h6-9,13,17,20,29H,1,10-12,14H2,2-5H3,(H2,25,30)(H,26,32)(H,27,34). The van der Waals surface area contributed by atoms with Gasteiger partial charge in [-0.1, -0.05) is 18.2 Å². The molecule has 4 amide bonds. The fourth-order valence-electron chi connectivity index (χ4n) is 3.15. The van der Waals surface area contributed by atoms with Gasteiger partial charge in [0.2, 0.25) is 17.7 Å². The Morgan fingerprint density at radius 3 is 2.42 bits per heavy atom. The molecule has 0 aliphatic rings. The number of alkyl carbamates (subject to hydrolysis) is 1. The van der Waals surface area contributed by atoms with E-state index in [0.717, 1.165) is 12.0 Å². The van der Waals surface area contributed by atoms with Crippen molar-refractivity contribution >= 4 is 29.8 Å². The van der Waals surface area contributed by atoms with Gasteiger partial charge in [-0.3, -0.25) is 19.2 Å². The van der Waals surface area contributed by atoms with Crippen LogP contribution in [0, 0.1) is 0 Å². The van der Waals surface area contributed by atoms with Gasteiger partial charge in [-0.05, 0) is 44.9 Å². The van der Waals surface area contributed by atoms with Crippen LogP contribution in [-0.4, -0.2) is 71.6 Å². The molecule has 0 spiro atoms. The third-order valence-corrected chi connectivity index (χ3v) is 4.66. The van der Waals surface area contributed by atoms with Crippen molar-refractivity contribution in [3.63, 3.8) is 0 Å². The summed E-state index contributed by atoms with van der Waals surface area (Å²) in [5.41, 5.74) is 4.61. The van der Waals surface area contributed by atoms with Gasteiger partial charge in [-0.15, -0.1) is 6.58 Å². The predicted molar refractivity (Wildman–Crippen MR) is 129 cm³/mol. The quantitative estimate of drug-likeness (QED) is 0.238. The fraction of sp³-hybridized carbons (Fsp3) is 0.458. The van der Waals surface area contributed by atoms with Gasteiger partial charge in [0, 0.05) is 13.0 Å². The first-order valence-electron chi connectivity index (χ1n) is 11.1. The molecule has 2 unspecified atom stereocenters. The van der Waals surface area contributed by atoms with Crippen molar-refractivity contribution in [3.8, 4) is 5.75 Å². The third kappa shape index (κ3) is 10.0. The number of carbonyl (C=O) groups excluding carboxylic acids is 5. The number of hydrogen-bond acceptors (Lipinski definition) is 8. The smallest absolute Gasteiger partial charge is 0.408 e. The van der Waals surface area contributed by atoms with Crippen molar-refractivity contribution in [2.75, 3.05) is 20.2 Å². The number of nitrogens with one attached hydrogen (secondary N) is 2. The van der Waals surface area contributed by atoms with Crippen molar-refractivity contribution in [2.45, 2.75) is 51.3 Å². The Bertz CT molecular complexity index is 973. The zero-order valence-corrected chi connectivity index (χ0v) is 20.9. The Balaban J connectivity index is 3.43. The SMILES string of the molecule is C=CCN(C(=O)C(CCC(N)=O)NC(=O)OC(C)(C)C)C(C(=O)NCC(=O)OC)c1cccc(O)c1. The molecular weight excluding hydrogens is 472 g/mol. The average Bonchev–Trinajstić information content (AvgIpc) is 2.78. The molecule has 1 aromatic carbocycles. The van der Waals surface area contributed by atoms with Crippen LogP contribution in [0.1, 0.15) is 45.2 Å². The van der Waals surface area contributed by atoms with Crippen LogP contribution >= 0.6 is 0 Å². The number of phenols is 1. The summed E-state index contributed by atoms with van der Waals surface area (Å²) in [6, 6.07) is 3.01. The summed E-state index contributed by atoms with van der Waals surface area (Å²) in [6.45, 7) is 7.92. The zero-order chi connectivity index (χ0) is 27.5. The number of hydrogen-bond donors (Lipinski definition) is 4. The fourth-order valence-corrected chi connectivity index (χ4v) is 3.15. The second-order valence-corrected chi connectivity index (χ2v) is 8.77. The maximum atomic E-state index is 13.7. The Hall–Kier alpha value is -4.09. The number of ether oxygens (including phenoxy) is 2. The summed E-state index contributed by atoms with van der Waals surface area (Å²) in [6.07, 6.45) is 0.0460. The van der Waals surface area contributed by atoms with Crippen molar-refractivity contribution in [1.29, 1.82) is 0 Å². The van der Waals surface area contributed by atoms with Crippen LogP contribution in [0.15, 0.2) is 36.9 Å². The highest BCUT2D eigenvalue weighted by Gasteiger charge is 2.36. The molecule has 0 aliphatic heterocycles. The molecule has 2 atom stereocenters. The van der Waals surface area contributed by atoms with E-state index >= 15 is 0 Å². The summed E-state index contributed by atoms with van der Waals surface area (Å²) in [7, 11) is 1.15. The number of methoxy groups -OCH3 is 1. The first-order valence-corrected chi connectivity index (χ1v) is 11.1.